The first-order valence-electron chi connectivity index (χ1n) is 16.4. The van der Waals surface area contributed by atoms with Gasteiger partial charge in [-0.25, -0.2) is 0 Å². The third kappa shape index (κ3) is 3.28. The van der Waals surface area contributed by atoms with Crippen molar-refractivity contribution in [3.63, 3.8) is 0 Å². The van der Waals surface area contributed by atoms with Gasteiger partial charge in [0.1, 0.15) is 0 Å². The fourth-order valence-electron chi connectivity index (χ4n) is 8.98. The van der Waals surface area contributed by atoms with Gasteiger partial charge >= 0.3 is 0 Å². The van der Waals surface area contributed by atoms with Crippen LogP contribution in [-0.4, -0.2) is 92.0 Å². The maximum atomic E-state index is 14.4. The maximum Gasteiger partial charge on any atom is 0.261 e. The molecule has 4 aromatic rings. The molecule has 16 aliphatic rings. The van der Waals surface area contributed by atoms with Crippen molar-refractivity contribution in [2.24, 2.45) is 0 Å². The van der Waals surface area contributed by atoms with E-state index >= 15 is 0 Å². The molecule has 49 heavy (non-hydrogen) atoms. The van der Waals surface area contributed by atoms with Crippen molar-refractivity contribution in [3.8, 4) is 0 Å². The minimum absolute atomic E-state index is 0.0822. The van der Waals surface area contributed by atoms with Crippen LogP contribution < -0.4 is 0 Å². The molecule has 240 valence electrons. The normalized spacial score (nSPS) is 22.7. The van der Waals surface area contributed by atoms with E-state index in [4.69, 9.17) is 0 Å². The van der Waals surface area contributed by atoms with Crippen LogP contribution >= 0.6 is 0 Å². The molecule has 12 nitrogen and oxygen atoms in total. The Balaban J connectivity index is 1.22. The summed E-state index contributed by atoms with van der Waals surface area (Å²) in [5.41, 5.74) is 1.28. The zero-order valence-electron chi connectivity index (χ0n) is 25.8. The lowest BCUT2D eigenvalue weighted by atomic mass is 9.81. The number of carbonyl (C=O) groups excluding carboxylic acids is 8. The molecule has 4 aromatic carbocycles. The van der Waals surface area contributed by atoms with E-state index in [0.29, 0.717) is 25.7 Å². The quantitative estimate of drug-likeness (QED) is 0.261. The molecule has 15 aliphatic heterocycles. The van der Waals surface area contributed by atoms with Gasteiger partial charge in [-0.05, 0) is 67.8 Å². The van der Waals surface area contributed by atoms with E-state index in [2.05, 4.69) is 0 Å². The van der Waals surface area contributed by atoms with Crippen LogP contribution in [0.25, 0.3) is 21.5 Å². The second-order valence-electron chi connectivity index (χ2n) is 13.4. The van der Waals surface area contributed by atoms with Gasteiger partial charge in [-0.2, -0.15) is 0 Å². The van der Waals surface area contributed by atoms with Crippen molar-refractivity contribution >= 4 is 68.8 Å². The minimum atomic E-state index is -0.851. The average molecular weight is 653 g/mol. The third-order valence-corrected chi connectivity index (χ3v) is 11.1. The Kier molecular flexibility index (Phi) is 5.32. The van der Waals surface area contributed by atoms with Crippen LogP contribution in [0.2, 0.25) is 0 Å². The molecule has 12 heteroatoms. The lowest BCUT2D eigenvalue weighted by Crippen LogP contribution is -2.61. The molecule has 0 N–H and O–H groups in total. The monoisotopic (exact) mass is 652 g/mol. The van der Waals surface area contributed by atoms with E-state index in [0.717, 1.165) is 19.6 Å². The molecule has 1 aliphatic carbocycles. The number of benzene rings is 4. The second kappa shape index (κ2) is 9.31. The molecule has 0 aromatic heterocycles. The van der Waals surface area contributed by atoms with Crippen LogP contribution in [0.4, 0.5) is 0 Å². The van der Waals surface area contributed by atoms with Gasteiger partial charge < -0.3 is 0 Å². The fourth-order valence-corrected chi connectivity index (χ4v) is 8.98. The Morgan fingerprint density at radius 2 is 0.592 bits per heavy atom. The summed E-state index contributed by atoms with van der Waals surface area (Å²) in [7, 11) is 0. The predicted molar refractivity (Wildman–Crippen MR) is 170 cm³/mol. The molecule has 16 bridgehead atoms. The predicted octanol–water partition coefficient (Wildman–Crippen LogP) is 3.79. The molecule has 0 radical (unpaired) electrons. The SMILES string of the molecule is O=C1c2ccc3c4c5ccc(c24)C(=O)N1CCCN1C(=O)c2ccc4c6c(ccc(c26)C1=O)C(=O)N(C4=O)[C@@H]1CCCC[C@H]1N(C3=O)C5=O. The third-order valence-electron chi connectivity index (χ3n) is 11.1. The van der Waals surface area contributed by atoms with E-state index < -0.39 is 59.3 Å². The zero-order chi connectivity index (χ0) is 33.6. The molecule has 0 unspecified atom stereocenters. The van der Waals surface area contributed by atoms with Crippen molar-refractivity contribution in [1.29, 1.82) is 0 Å². The smallest absolute Gasteiger partial charge is 0.261 e. The highest BCUT2D eigenvalue weighted by Gasteiger charge is 2.49. The van der Waals surface area contributed by atoms with Gasteiger partial charge in [0.2, 0.25) is 0 Å². The van der Waals surface area contributed by atoms with Gasteiger partial charge in [0.25, 0.3) is 47.3 Å². The first kappa shape index (κ1) is 28.0. The molecule has 1 saturated carbocycles. The van der Waals surface area contributed by atoms with Gasteiger partial charge in [0.05, 0.1) is 12.1 Å². The van der Waals surface area contributed by atoms with Crippen molar-refractivity contribution in [2.75, 3.05) is 13.1 Å². The Bertz CT molecular complexity index is 2120. The van der Waals surface area contributed by atoms with Crippen LogP contribution in [0, 0.1) is 0 Å². The van der Waals surface area contributed by atoms with Gasteiger partial charge in [-0.1, -0.05) is 12.8 Å². The Labute approximate surface area is 276 Å². The summed E-state index contributed by atoms with van der Waals surface area (Å²) in [5.74, 6) is -4.91. The molecule has 15 heterocycles. The van der Waals surface area contributed by atoms with Crippen molar-refractivity contribution in [1.82, 2.24) is 19.6 Å². The van der Waals surface area contributed by atoms with Crippen molar-refractivity contribution in [2.45, 2.75) is 44.2 Å². The maximum absolute atomic E-state index is 14.4. The summed E-state index contributed by atoms with van der Waals surface area (Å²) >= 11 is 0. The number of imide groups is 4. The number of rotatable bonds is 0. The van der Waals surface area contributed by atoms with Crippen LogP contribution in [0.5, 0.6) is 0 Å². The second-order valence-corrected chi connectivity index (χ2v) is 13.4. The molecular formula is C37H24N4O8. The number of hydrogen-bond donors (Lipinski definition) is 0. The molecule has 8 amide bonds. The standard InChI is InChI=1S/C37H24N4O8/c42-30-16-6-10-20-28-21-11-7-17(26(16)28)31(43)38(30)14-3-15-39-32(44)18-8-12-22-29-23(13-9-19(27(18)29)33(39)45)37(49)41(36(22)48)25-5-2-1-4-24(25)40(34(20)46)35(21)47/h6-13,24-25H,1-5,14-15H2/t24-,25-/m1/s1. The van der Waals surface area contributed by atoms with Crippen LogP contribution in [0.1, 0.15) is 115 Å². The Morgan fingerprint density at radius 1 is 0.347 bits per heavy atom. The van der Waals surface area contributed by atoms with Crippen LogP contribution in [0.15, 0.2) is 48.5 Å². The van der Waals surface area contributed by atoms with E-state index in [1.54, 1.807) is 0 Å². The first-order valence-corrected chi connectivity index (χ1v) is 16.4. The first-order chi connectivity index (χ1) is 23.7. The van der Waals surface area contributed by atoms with Crippen molar-refractivity contribution in [3.05, 3.63) is 93.0 Å². The van der Waals surface area contributed by atoms with Gasteiger partial charge in [0.15, 0.2) is 0 Å². The largest absolute Gasteiger partial charge is 0.274 e. The highest BCUT2D eigenvalue weighted by Crippen LogP contribution is 2.43. The number of nitrogens with zero attached hydrogens (tertiary/aromatic N) is 4. The lowest BCUT2D eigenvalue weighted by Gasteiger charge is -2.45. The summed E-state index contributed by atoms with van der Waals surface area (Å²) in [6.07, 6.45) is 2.07. The van der Waals surface area contributed by atoms with E-state index in [1.807, 2.05) is 0 Å². The number of hydrogen-bond acceptors (Lipinski definition) is 8. The summed E-state index contributed by atoms with van der Waals surface area (Å²) < 4.78 is 0. The lowest BCUT2D eigenvalue weighted by molar-refractivity contribution is 0.0241. The Hall–Kier alpha value is -6.04. The summed E-state index contributed by atoms with van der Waals surface area (Å²) in [6.45, 7) is -0.209. The number of amides is 8. The highest BCUT2D eigenvalue weighted by molar-refractivity contribution is 6.35. The topological polar surface area (TPSA) is 150 Å². The molecule has 1 fully saturated rings. The minimum Gasteiger partial charge on any atom is -0.274 e. The van der Waals surface area contributed by atoms with Crippen molar-refractivity contribution < 1.29 is 38.4 Å². The molecule has 0 saturated heterocycles. The molecule has 0 spiro atoms. The average Bonchev–Trinajstić information content (AvgIpc) is 3.10. The number of carbonyl (C=O) groups is 8. The van der Waals surface area contributed by atoms with Crippen LogP contribution in [0.3, 0.4) is 0 Å². The van der Waals surface area contributed by atoms with Crippen LogP contribution in [-0.2, 0) is 0 Å². The zero-order valence-corrected chi connectivity index (χ0v) is 25.8. The molecule has 2 atom stereocenters. The van der Waals surface area contributed by atoms with Gasteiger partial charge in [0, 0.05) is 79.1 Å². The summed E-state index contributed by atoms with van der Waals surface area (Å²) in [4.78, 5) is 117. The molecule has 20 rings (SSSR count). The summed E-state index contributed by atoms with van der Waals surface area (Å²) in [6, 6.07) is 10.2. The van der Waals surface area contributed by atoms with Gasteiger partial charge in [-0.3, -0.25) is 58.0 Å². The van der Waals surface area contributed by atoms with E-state index in [1.165, 1.54) is 48.5 Å². The highest BCUT2D eigenvalue weighted by atomic mass is 16.2. The fraction of sp³-hybridized carbons (Fsp3) is 0.243. The Morgan fingerprint density at radius 3 is 0.857 bits per heavy atom. The summed E-state index contributed by atoms with van der Waals surface area (Å²) in [5, 5.41) is 0.916. The molecular weight excluding hydrogens is 628 g/mol. The van der Waals surface area contributed by atoms with E-state index in [9.17, 15) is 38.4 Å². The van der Waals surface area contributed by atoms with E-state index in [-0.39, 0.29) is 85.6 Å². The van der Waals surface area contributed by atoms with Gasteiger partial charge in [-0.15, -0.1) is 0 Å².